The SMILES string of the molecule is CN1CCC(C(=O)c2ccc(CN)cc2)C1. The van der Waals surface area contributed by atoms with Crippen LogP contribution >= 0.6 is 0 Å². The number of benzene rings is 1. The molecule has 1 aromatic carbocycles. The Morgan fingerprint density at radius 2 is 2.12 bits per heavy atom. The average Bonchev–Trinajstić information content (AvgIpc) is 2.75. The zero-order valence-electron chi connectivity index (χ0n) is 9.65. The molecule has 2 rings (SSSR count). The Hall–Kier alpha value is -1.19. The van der Waals surface area contributed by atoms with Crippen molar-refractivity contribution >= 4 is 5.78 Å². The van der Waals surface area contributed by atoms with Crippen molar-refractivity contribution in [3.63, 3.8) is 0 Å². The second-order valence-electron chi connectivity index (χ2n) is 4.51. The predicted molar refractivity (Wildman–Crippen MR) is 64.3 cm³/mol. The van der Waals surface area contributed by atoms with Gasteiger partial charge in [0.05, 0.1) is 0 Å². The van der Waals surface area contributed by atoms with Gasteiger partial charge in [0.25, 0.3) is 0 Å². The van der Waals surface area contributed by atoms with E-state index in [1.165, 1.54) is 0 Å². The van der Waals surface area contributed by atoms with Gasteiger partial charge >= 0.3 is 0 Å². The van der Waals surface area contributed by atoms with Crippen LogP contribution in [0.2, 0.25) is 0 Å². The molecule has 16 heavy (non-hydrogen) atoms. The van der Waals surface area contributed by atoms with Crippen LogP contribution in [0, 0.1) is 5.92 Å². The number of carbonyl (C=O) groups excluding carboxylic acids is 1. The van der Waals surface area contributed by atoms with E-state index in [2.05, 4.69) is 11.9 Å². The fourth-order valence-electron chi connectivity index (χ4n) is 2.19. The normalized spacial score (nSPS) is 21.2. The third-order valence-electron chi connectivity index (χ3n) is 3.24. The highest BCUT2D eigenvalue weighted by Crippen LogP contribution is 2.19. The molecule has 0 saturated carbocycles. The number of likely N-dealkylation sites (tertiary alicyclic amines) is 1. The summed E-state index contributed by atoms with van der Waals surface area (Å²) in [4.78, 5) is 14.3. The molecule has 0 radical (unpaired) electrons. The molecule has 1 atom stereocenters. The molecular formula is C13H18N2O. The van der Waals surface area contributed by atoms with Gasteiger partial charge in [-0.1, -0.05) is 24.3 Å². The van der Waals surface area contributed by atoms with E-state index in [1.54, 1.807) is 0 Å². The number of ketones is 1. The van der Waals surface area contributed by atoms with Gasteiger partial charge in [-0.3, -0.25) is 4.79 Å². The number of nitrogens with two attached hydrogens (primary N) is 1. The predicted octanol–water partition coefficient (Wildman–Crippen LogP) is 1.28. The Labute approximate surface area is 96.2 Å². The Morgan fingerprint density at radius 3 is 2.62 bits per heavy atom. The van der Waals surface area contributed by atoms with Crippen LogP contribution in [0.1, 0.15) is 22.3 Å². The third-order valence-corrected chi connectivity index (χ3v) is 3.24. The van der Waals surface area contributed by atoms with E-state index in [9.17, 15) is 4.79 Å². The molecular weight excluding hydrogens is 200 g/mol. The molecule has 2 N–H and O–H groups in total. The van der Waals surface area contributed by atoms with E-state index in [1.807, 2.05) is 24.3 Å². The number of nitrogens with zero attached hydrogens (tertiary/aromatic N) is 1. The average molecular weight is 218 g/mol. The fourth-order valence-corrected chi connectivity index (χ4v) is 2.19. The maximum absolute atomic E-state index is 12.1. The summed E-state index contributed by atoms with van der Waals surface area (Å²) < 4.78 is 0. The van der Waals surface area contributed by atoms with E-state index in [-0.39, 0.29) is 11.7 Å². The lowest BCUT2D eigenvalue weighted by Crippen LogP contribution is -2.19. The minimum absolute atomic E-state index is 0.175. The maximum atomic E-state index is 12.1. The summed E-state index contributed by atoms with van der Waals surface area (Å²) in [7, 11) is 2.06. The van der Waals surface area contributed by atoms with Gasteiger partial charge in [-0.25, -0.2) is 0 Å². The van der Waals surface area contributed by atoms with E-state index < -0.39 is 0 Å². The zero-order valence-corrected chi connectivity index (χ0v) is 9.65. The summed E-state index contributed by atoms with van der Waals surface area (Å²) >= 11 is 0. The van der Waals surface area contributed by atoms with Gasteiger partial charge < -0.3 is 10.6 Å². The van der Waals surface area contributed by atoms with Crippen LogP contribution in [0.4, 0.5) is 0 Å². The van der Waals surface area contributed by atoms with Crippen LogP contribution in [-0.2, 0) is 6.54 Å². The van der Waals surface area contributed by atoms with E-state index >= 15 is 0 Å². The highest BCUT2D eigenvalue weighted by Gasteiger charge is 2.26. The zero-order chi connectivity index (χ0) is 11.5. The van der Waals surface area contributed by atoms with Gasteiger partial charge in [-0.15, -0.1) is 0 Å². The largest absolute Gasteiger partial charge is 0.326 e. The molecule has 0 bridgehead atoms. The Morgan fingerprint density at radius 1 is 1.44 bits per heavy atom. The second-order valence-corrected chi connectivity index (χ2v) is 4.51. The van der Waals surface area contributed by atoms with Crippen molar-refractivity contribution in [1.82, 2.24) is 4.90 Å². The first-order chi connectivity index (χ1) is 7.70. The van der Waals surface area contributed by atoms with Gasteiger partial charge in [0.1, 0.15) is 0 Å². The number of carbonyl (C=O) groups is 1. The Bertz CT molecular complexity index is 372. The van der Waals surface area contributed by atoms with Crippen molar-refractivity contribution in [2.24, 2.45) is 11.7 Å². The van der Waals surface area contributed by atoms with E-state index in [4.69, 9.17) is 5.73 Å². The maximum Gasteiger partial charge on any atom is 0.167 e. The Kier molecular flexibility index (Phi) is 3.36. The lowest BCUT2D eigenvalue weighted by atomic mass is 9.96. The van der Waals surface area contributed by atoms with Crippen molar-refractivity contribution in [3.8, 4) is 0 Å². The van der Waals surface area contributed by atoms with Crippen molar-refractivity contribution in [3.05, 3.63) is 35.4 Å². The van der Waals surface area contributed by atoms with Crippen molar-refractivity contribution in [2.45, 2.75) is 13.0 Å². The lowest BCUT2D eigenvalue weighted by Gasteiger charge is -2.09. The fraction of sp³-hybridized carbons (Fsp3) is 0.462. The molecule has 1 fully saturated rings. The molecule has 1 aromatic rings. The summed E-state index contributed by atoms with van der Waals surface area (Å²) in [5.74, 6) is 0.446. The minimum Gasteiger partial charge on any atom is -0.326 e. The molecule has 0 spiro atoms. The first-order valence-corrected chi connectivity index (χ1v) is 5.72. The smallest absolute Gasteiger partial charge is 0.167 e. The van der Waals surface area contributed by atoms with Gasteiger partial charge in [0, 0.05) is 24.6 Å². The number of hydrogen-bond donors (Lipinski definition) is 1. The monoisotopic (exact) mass is 218 g/mol. The first kappa shape index (κ1) is 11.3. The van der Waals surface area contributed by atoms with Gasteiger partial charge in [0.2, 0.25) is 0 Å². The quantitative estimate of drug-likeness (QED) is 0.777. The molecule has 1 saturated heterocycles. The summed E-state index contributed by atoms with van der Waals surface area (Å²) in [5, 5.41) is 0. The van der Waals surface area contributed by atoms with Gasteiger partial charge in [-0.2, -0.15) is 0 Å². The lowest BCUT2D eigenvalue weighted by molar-refractivity contribution is 0.0924. The molecule has 1 aliphatic rings. The van der Waals surface area contributed by atoms with Crippen molar-refractivity contribution in [2.75, 3.05) is 20.1 Å². The molecule has 1 aliphatic heterocycles. The number of Topliss-reactive ketones (excluding diaryl/α,β-unsaturated/α-hetero) is 1. The van der Waals surface area contributed by atoms with E-state index in [0.29, 0.717) is 6.54 Å². The third kappa shape index (κ3) is 2.31. The summed E-state index contributed by atoms with van der Waals surface area (Å²) in [5.41, 5.74) is 7.41. The Balaban J connectivity index is 2.08. The molecule has 3 nitrogen and oxygen atoms in total. The van der Waals surface area contributed by atoms with Crippen LogP contribution in [0.3, 0.4) is 0 Å². The van der Waals surface area contributed by atoms with Crippen molar-refractivity contribution < 1.29 is 4.79 Å². The summed E-state index contributed by atoms with van der Waals surface area (Å²) in [6, 6.07) is 7.66. The van der Waals surface area contributed by atoms with Gasteiger partial charge in [-0.05, 0) is 25.6 Å². The summed E-state index contributed by atoms with van der Waals surface area (Å²) in [6.45, 7) is 2.44. The topological polar surface area (TPSA) is 46.3 Å². The number of rotatable bonds is 3. The molecule has 1 heterocycles. The van der Waals surface area contributed by atoms with Crippen molar-refractivity contribution in [1.29, 1.82) is 0 Å². The van der Waals surface area contributed by atoms with E-state index in [0.717, 1.165) is 30.6 Å². The molecule has 0 aromatic heterocycles. The minimum atomic E-state index is 0.175. The van der Waals surface area contributed by atoms with Crippen LogP contribution < -0.4 is 5.73 Å². The molecule has 0 aliphatic carbocycles. The van der Waals surface area contributed by atoms with Gasteiger partial charge in [0.15, 0.2) is 5.78 Å². The molecule has 3 heteroatoms. The van der Waals surface area contributed by atoms with Crippen LogP contribution in [0.25, 0.3) is 0 Å². The highest BCUT2D eigenvalue weighted by atomic mass is 16.1. The number of hydrogen-bond acceptors (Lipinski definition) is 3. The molecule has 0 amide bonds. The molecule has 1 unspecified atom stereocenters. The standard InChI is InChI=1S/C13H18N2O/c1-15-7-6-12(9-15)13(16)11-4-2-10(8-14)3-5-11/h2-5,12H,6-9,14H2,1H3. The summed E-state index contributed by atoms with van der Waals surface area (Å²) in [6.07, 6.45) is 0.980. The first-order valence-electron chi connectivity index (χ1n) is 5.72. The highest BCUT2D eigenvalue weighted by molar-refractivity contribution is 5.98. The second kappa shape index (κ2) is 4.76. The van der Waals surface area contributed by atoms with Crippen LogP contribution in [0.5, 0.6) is 0 Å². The molecule has 86 valence electrons. The van der Waals surface area contributed by atoms with Crippen LogP contribution in [-0.4, -0.2) is 30.8 Å². The van der Waals surface area contributed by atoms with Crippen LogP contribution in [0.15, 0.2) is 24.3 Å².